The molecule has 15 aromatic carbocycles. The van der Waals surface area contributed by atoms with Crippen LogP contribution in [0.3, 0.4) is 0 Å². The SMILES string of the molecule is c1ccc2c(c1)cn1c2c2ccc3c4ccccc4oc3c2c2ccc3sc4ccccc4c3c21.c1ccc2c(c1)cn1c3cc4c(cc3c3c(ccc5c6ccccc6oc53)c21)sc1ccccc14.c1ccc2c(c1)cn1c3cc4c(cc3c3c(ccc5oc6ccccc6c53)c21)sc1ccccc14. The number of furan rings is 3. The minimum absolute atomic E-state index is 0.935. The highest BCUT2D eigenvalue weighted by molar-refractivity contribution is 7.26. The lowest BCUT2D eigenvalue weighted by atomic mass is 9.97. The Balaban J connectivity index is 0.0000000914. The van der Waals surface area contributed by atoms with Crippen LogP contribution >= 0.6 is 34.0 Å². The first-order chi connectivity index (χ1) is 52.1. The van der Waals surface area contributed by atoms with Gasteiger partial charge in [0, 0.05) is 192 Å². The molecule has 0 aliphatic heterocycles. The Bertz CT molecular complexity index is 8570. The molecule has 0 spiro atoms. The van der Waals surface area contributed by atoms with E-state index in [1.54, 1.807) is 0 Å². The first-order valence-electron chi connectivity index (χ1n) is 35.6. The summed E-state index contributed by atoms with van der Waals surface area (Å²) in [7, 11) is 0. The molecule has 0 fully saturated rings. The summed E-state index contributed by atoms with van der Waals surface area (Å²) >= 11 is 5.61. The lowest BCUT2D eigenvalue weighted by Gasteiger charge is -2.12. The number of pyridine rings is 3. The average Bonchev–Trinajstić information content (AvgIpc) is 1.58. The summed E-state index contributed by atoms with van der Waals surface area (Å²) in [5.41, 5.74) is 13.1. The first kappa shape index (κ1) is 56.6. The highest BCUT2D eigenvalue weighted by Gasteiger charge is 2.25. The third kappa shape index (κ3) is 7.69. The maximum Gasteiger partial charge on any atom is 0.144 e. The smallest absolute Gasteiger partial charge is 0.144 e. The number of para-hydroxylation sites is 3. The molecule has 6 nitrogen and oxygen atoms in total. The molecule has 27 aromatic rings. The Morgan fingerprint density at radius 2 is 0.562 bits per heavy atom. The van der Waals surface area contributed by atoms with Crippen molar-refractivity contribution in [1.29, 1.82) is 0 Å². The molecule has 12 aromatic heterocycles. The third-order valence-corrected chi connectivity index (χ3v) is 26.1. The van der Waals surface area contributed by atoms with Gasteiger partial charge in [0.1, 0.15) is 33.5 Å². The molecular formula is C96H51N3O3S3. The van der Waals surface area contributed by atoms with Gasteiger partial charge in [0.2, 0.25) is 0 Å². The maximum atomic E-state index is 6.59. The number of hydrogen-bond donors (Lipinski definition) is 0. The van der Waals surface area contributed by atoms with Crippen LogP contribution in [0.4, 0.5) is 0 Å². The number of nitrogens with zero attached hydrogens (tertiary/aromatic N) is 3. The minimum atomic E-state index is 0.935. The van der Waals surface area contributed by atoms with Crippen molar-refractivity contribution in [2.45, 2.75) is 0 Å². The van der Waals surface area contributed by atoms with Crippen LogP contribution in [-0.4, -0.2) is 13.2 Å². The molecule has 0 unspecified atom stereocenters. The van der Waals surface area contributed by atoms with Crippen molar-refractivity contribution in [1.82, 2.24) is 13.2 Å². The number of hydrogen-bond acceptors (Lipinski definition) is 6. The van der Waals surface area contributed by atoms with Crippen LogP contribution in [0.2, 0.25) is 0 Å². The quantitative estimate of drug-likeness (QED) is 0.142. The zero-order valence-corrected chi connectivity index (χ0v) is 58.2. The highest BCUT2D eigenvalue weighted by Crippen LogP contribution is 2.50. The topological polar surface area (TPSA) is 52.7 Å². The van der Waals surface area contributed by atoms with Crippen LogP contribution in [-0.2, 0) is 0 Å². The predicted molar refractivity (Wildman–Crippen MR) is 450 cm³/mol. The summed E-state index contributed by atoms with van der Waals surface area (Å²) in [5, 5.41) is 33.7. The van der Waals surface area contributed by atoms with E-state index in [1.807, 2.05) is 52.2 Å². The van der Waals surface area contributed by atoms with Crippen molar-refractivity contribution in [3.05, 3.63) is 310 Å². The zero-order valence-electron chi connectivity index (χ0n) is 55.7. The lowest BCUT2D eigenvalue weighted by molar-refractivity contribution is 0.669. The Morgan fingerprint density at radius 1 is 0.190 bits per heavy atom. The van der Waals surface area contributed by atoms with E-state index in [1.165, 1.54) is 207 Å². The Labute approximate surface area is 606 Å². The molecule has 9 heteroatoms. The molecule has 12 heterocycles. The largest absolute Gasteiger partial charge is 0.456 e. The second kappa shape index (κ2) is 20.8. The molecule has 0 aliphatic rings. The predicted octanol–water partition coefficient (Wildman–Crippen LogP) is 29.0. The van der Waals surface area contributed by atoms with Gasteiger partial charge < -0.3 is 26.5 Å². The molecule has 105 heavy (non-hydrogen) atoms. The summed E-state index contributed by atoms with van der Waals surface area (Å²) in [6, 6.07) is 105. The monoisotopic (exact) mass is 1390 g/mol. The molecular weight excluding hydrogens is 1340 g/mol. The van der Waals surface area contributed by atoms with E-state index in [9.17, 15) is 0 Å². The molecule has 27 rings (SSSR count). The molecule has 0 atom stereocenters. The third-order valence-electron chi connectivity index (χ3n) is 22.7. The van der Waals surface area contributed by atoms with E-state index >= 15 is 0 Å². The van der Waals surface area contributed by atoms with E-state index in [4.69, 9.17) is 13.3 Å². The van der Waals surface area contributed by atoms with Crippen molar-refractivity contribution in [2.75, 3.05) is 0 Å². The molecule has 0 amide bonds. The second-order valence-corrected chi connectivity index (χ2v) is 31.3. The molecule has 486 valence electrons. The van der Waals surface area contributed by atoms with Gasteiger partial charge in [-0.05, 0) is 91.0 Å². The van der Waals surface area contributed by atoms with E-state index in [-0.39, 0.29) is 0 Å². The summed E-state index contributed by atoms with van der Waals surface area (Å²) in [5.74, 6) is 0. The van der Waals surface area contributed by atoms with E-state index in [0.717, 1.165) is 33.5 Å². The number of thiophene rings is 3. The number of fused-ring (bicyclic) bond motifs is 46. The molecule has 0 radical (unpaired) electrons. The van der Waals surface area contributed by atoms with Gasteiger partial charge in [-0.3, -0.25) is 0 Å². The van der Waals surface area contributed by atoms with Crippen LogP contribution in [0.25, 0.3) is 240 Å². The second-order valence-electron chi connectivity index (χ2n) is 28.1. The van der Waals surface area contributed by atoms with Gasteiger partial charge in [0.15, 0.2) is 0 Å². The summed E-state index contributed by atoms with van der Waals surface area (Å²) in [4.78, 5) is 0. The highest BCUT2D eigenvalue weighted by atomic mass is 32.1. The van der Waals surface area contributed by atoms with E-state index < -0.39 is 0 Å². The first-order valence-corrected chi connectivity index (χ1v) is 38.0. The van der Waals surface area contributed by atoms with Crippen molar-refractivity contribution in [3.8, 4) is 0 Å². The lowest BCUT2D eigenvalue weighted by Crippen LogP contribution is -1.91. The van der Waals surface area contributed by atoms with Crippen LogP contribution in [0.15, 0.2) is 323 Å². The van der Waals surface area contributed by atoms with Crippen molar-refractivity contribution >= 4 is 274 Å². The van der Waals surface area contributed by atoms with Crippen LogP contribution < -0.4 is 0 Å². The van der Waals surface area contributed by atoms with Crippen LogP contribution in [0, 0.1) is 0 Å². The molecule has 0 saturated carbocycles. The van der Waals surface area contributed by atoms with Gasteiger partial charge in [-0.1, -0.05) is 200 Å². The Morgan fingerprint density at radius 3 is 1.11 bits per heavy atom. The number of benzene rings is 15. The van der Waals surface area contributed by atoms with E-state index in [0.29, 0.717) is 0 Å². The Hall–Kier alpha value is -13.0. The normalized spacial score (nSPS) is 12.6. The van der Waals surface area contributed by atoms with E-state index in [2.05, 4.69) is 305 Å². The fraction of sp³-hybridized carbons (Fsp3) is 0. The maximum absolute atomic E-state index is 6.59. The van der Waals surface area contributed by atoms with Crippen molar-refractivity contribution in [2.24, 2.45) is 0 Å². The minimum Gasteiger partial charge on any atom is -0.456 e. The van der Waals surface area contributed by atoms with Gasteiger partial charge >= 0.3 is 0 Å². The standard InChI is InChI=1S/3C32H17NOS/c1-2-8-19-18(7-1)17-33-25-15-23-20-9-4-6-12-28(20)35-29(23)16-24(25)30-22(32(19)33)13-14-27-31(30)21-10-3-5-11-26(21)34-27;1-2-8-19-18(7-1)17-33-26-15-24-21-10-4-6-12-28(21)35-29(24)16-25(26)30-23(31(19)33)14-13-22-20-9-3-5-11-27(20)34-32(22)30;1-2-8-19-18(7-1)17-33-30(19)23-14-13-21-20-9-3-5-11-25(20)34-32(21)28(23)24-15-16-27-29(31(24)33)22-10-4-6-12-26(22)35-27/h3*1-17H. The number of aromatic nitrogens is 3. The zero-order chi connectivity index (χ0) is 68.0. The molecule has 0 aliphatic carbocycles. The van der Waals surface area contributed by atoms with Gasteiger partial charge in [0.25, 0.3) is 0 Å². The molecule has 0 bridgehead atoms. The van der Waals surface area contributed by atoms with Crippen molar-refractivity contribution in [3.63, 3.8) is 0 Å². The average molecular weight is 1390 g/mol. The fourth-order valence-corrected chi connectivity index (χ4v) is 21.6. The molecule has 0 saturated heterocycles. The number of rotatable bonds is 0. The van der Waals surface area contributed by atoms with Gasteiger partial charge in [-0.2, -0.15) is 0 Å². The van der Waals surface area contributed by atoms with Gasteiger partial charge in [-0.15, -0.1) is 34.0 Å². The van der Waals surface area contributed by atoms with Gasteiger partial charge in [-0.25, -0.2) is 0 Å². The molecule has 0 N–H and O–H groups in total. The summed E-state index contributed by atoms with van der Waals surface area (Å²) in [6.45, 7) is 0. The Kier molecular flexibility index (Phi) is 11.2. The van der Waals surface area contributed by atoms with Crippen LogP contribution in [0.5, 0.6) is 0 Å². The van der Waals surface area contributed by atoms with Gasteiger partial charge in [0.05, 0.1) is 33.1 Å². The summed E-state index contributed by atoms with van der Waals surface area (Å²) < 4.78 is 34.6. The van der Waals surface area contributed by atoms with Crippen LogP contribution in [0.1, 0.15) is 0 Å². The summed E-state index contributed by atoms with van der Waals surface area (Å²) in [6.07, 6.45) is 6.89. The van der Waals surface area contributed by atoms with Crippen molar-refractivity contribution < 1.29 is 13.3 Å². The fourth-order valence-electron chi connectivity index (χ4n) is 18.2.